The predicted octanol–water partition coefficient (Wildman–Crippen LogP) is 3.62. The first-order valence-electron chi connectivity index (χ1n) is 10.6. The number of carbonyl (C=O) groups excluding carboxylic acids is 3. The van der Waals surface area contributed by atoms with Crippen molar-refractivity contribution in [2.75, 3.05) is 12.3 Å². The van der Waals surface area contributed by atoms with Crippen LogP contribution in [-0.2, 0) is 11.3 Å². The summed E-state index contributed by atoms with van der Waals surface area (Å²) in [5.74, 6) is -0.954. The number of carbonyl (C=O) groups is 3. The molecule has 5 N–H and O–H groups in total. The summed E-state index contributed by atoms with van der Waals surface area (Å²) in [7, 11) is 0. The van der Waals surface area contributed by atoms with Crippen molar-refractivity contribution in [2.45, 2.75) is 32.9 Å². The molecule has 180 valence electrons. The fraction of sp³-hybridized carbons (Fsp3) is 0.304. The Morgan fingerprint density at radius 1 is 1.21 bits per heavy atom. The van der Waals surface area contributed by atoms with Crippen LogP contribution in [0.5, 0.6) is 0 Å². The molecule has 0 aliphatic carbocycles. The van der Waals surface area contributed by atoms with Crippen molar-refractivity contribution in [3.05, 3.63) is 69.6 Å². The molecule has 11 heteroatoms. The minimum atomic E-state index is -1.03. The molecular weight excluding hydrogens is 478 g/mol. The Morgan fingerprint density at radius 3 is 2.47 bits per heavy atom. The van der Waals surface area contributed by atoms with Crippen molar-refractivity contribution in [3.8, 4) is 0 Å². The summed E-state index contributed by atoms with van der Waals surface area (Å²) in [5, 5.41) is 3.41. The highest BCUT2D eigenvalue weighted by Crippen LogP contribution is 2.31. The van der Waals surface area contributed by atoms with Crippen molar-refractivity contribution >= 4 is 46.5 Å². The van der Waals surface area contributed by atoms with Crippen molar-refractivity contribution in [3.63, 3.8) is 0 Å². The van der Waals surface area contributed by atoms with E-state index in [1.54, 1.807) is 36.4 Å². The molecule has 0 aliphatic rings. The maximum absolute atomic E-state index is 13.7. The molecule has 0 aliphatic heterocycles. The van der Waals surface area contributed by atoms with Crippen LogP contribution in [0.1, 0.15) is 57.8 Å². The van der Waals surface area contributed by atoms with E-state index >= 15 is 0 Å². The zero-order chi connectivity index (χ0) is 24.8. The van der Waals surface area contributed by atoms with Gasteiger partial charge < -0.3 is 26.1 Å². The molecule has 1 aromatic carbocycles. The average Bonchev–Trinajstić information content (AvgIpc) is 3.43. The molecule has 3 aromatic rings. The Bertz CT molecular complexity index is 1140. The second-order valence-corrected chi connectivity index (χ2v) is 9.29. The van der Waals surface area contributed by atoms with Crippen LogP contribution in [0.2, 0.25) is 5.02 Å². The number of hydrogen-bond acceptors (Lipinski definition) is 7. The van der Waals surface area contributed by atoms with Gasteiger partial charge in [-0.15, -0.1) is 0 Å². The van der Waals surface area contributed by atoms with Crippen molar-refractivity contribution in [2.24, 2.45) is 11.7 Å². The van der Waals surface area contributed by atoms with Gasteiger partial charge in [-0.1, -0.05) is 37.6 Å². The van der Waals surface area contributed by atoms with Gasteiger partial charge in [0, 0.05) is 11.6 Å². The van der Waals surface area contributed by atoms with Crippen LogP contribution in [-0.4, -0.2) is 33.5 Å². The van der Waals surface area contributed by atoms with E-state index in [2.05, 4.69) is 23.5 Å². The molecule has 0 fully saturated rings. The molecule has 0 saturated carbocycles. The highest BCUT2D eigenvalue weighted by molar-refractivity contribution is 7.09. The molecule has 3 rings (SSSR count). The number of furan rings is 1. The summed E-state index contributed by atoms with van der Waals surface area (Å²) in [5.41, 5.74) is 11.6. The molecule has 9 nitrogen and oxygen atoms in total. The van der Waals surface area contributed by atoms with Gasteiger partial charge in [0.15, 0.2) is 5.69 Å². The third-order valence-electron chi connectivity index (χ3n) is 5.09. The number of benzene rings is 1. The van der Waals surface area contributed by atoms with Crippen LogP contribution in [0.15, 0.2) is 47.1 Å². The SMILES string of the molecule is CC(C)CCNC(=O)[C@@H](c1ccc(Cl)cc1)N(Cc1ccco1)C(=O)c1snc(C(N)=O)c1N. The molecule has 1 atom stereocenters. The first-order chi connectivity index (χ1) is 16.2. The summed E-state index contributed by atoms with van der Waals surface area (Å²) in [6, 6.07) is 9.01. The van der Waals surface area contributed by atoms with Gasteiger partial charge in [0.1, 0.15) is 16.7 Å². The van der Waals surface area contributed by atoms with Crippen LogP contribution in [0, 0.1) is 5.92 Å². The second-order valence-electron chi connectivity index (χ2n) is 8.08. The standard InChI is InChI=1S/C23H26ClN5O4S/c1-13(2)9-10-27-22(31)19(14-5-7-15(24)8-6-14)29(12-16-4-3-11-33-16)23(32)20-17(25)18(21(26)30)28-34-20/h3-8,11,13,19H,9-10,12,25H2,1-2H3,(H2,26,30)(H,27,31)/t19-/m1/s1. The molecule has 0 unspecified atom stereocenters. The van der Waals surface area contributed by atoms with Gasteiger partial charge in [0.05, 0.1) is 18.5 Å². The number of nitrogen functional groups attached to an aromatic ring is 1. The Kier molecular flexibility index (Phi) is 8.30. The van der Waals surface area contributed by atoms with Crippen LogP contribution in [0.4, 0.5) is 5.69 Å². The van der Waals surface area contributed by atoms with Crippen LogP contribution in [0.3, 0.4) is 0 Å². The highest BCUT2D eigenvalue weighted by Gasteiger charge is 2.35. The molecule has 0 radical (unpaired) electrons. The molecule has 34 heavy (non-hydrogen) atoms. The number of nitrogens with two attached hydrogens (primary N) is 2. The Labute approximate surface area is 206 Å². The average molecular weight is 504 g/mol. The molecule has 0 spiro atoms. The summed E-state index contributed by atoms with van der Waals surface area (Å²) < 4.78 is 9.38. The van der Waals surface area contributed by atoms with Crippen molar-refractivity contribution in [1.29, 1.82) is 0 Å². The fourth-order valence-corrected chi connectivity index (χ4v) is 4.20. The lowest BCUT2D eigenvalue weighted by molar-refractivity contribution is -0.126. The summed E-state index contributed by atoms with van der Waals surface area (Å²) in [6.45, 7) is 4.52. The lowest BCUT2D eigenvalue weighted by atomic mass is 10.0. The smallest absolute Gasteiger partial charge is 0.270 e. The number of halogens is 1. The Morgan fingerprint density at radius 2 is 1.91 bits per heavy atom. The lowest BCUT2D eigenvalue weighted by Gasteiger charge is -2.30. The van der Waals surface area contributed by atoms with Gasteiger partial charge >= 0.3 is 0 Å². The normalized spacial score (nSPS) is 11.9. The quantitative estimate of drug-likeness (QED) is 0.385. The van der Waals surface area contributed by atoms with E-state index in [4.69, 9.17) is 27.5 Å². The number of amides is 3. The number of nitrogens with one attached hydrogen (secondary N) is 1. The van der Waals surface area contributed by atoms with Gasteiger partial charge in [-0.3, -0.25) is 14.4 Å². The molecular formula is C23H26ClN5O4S. The van der Waals surface area contributed by atoms with E-state index in [1.165, 1.54) is 11.2 Å². The fourth-order valence-electron chi connectivity index (χ4n) is 3.31. The number of primary amides is 1. The summed E-state index contributed by atoms with van der Waals surface area (Å²) >= 11 is 6.81. The van der Waals surface area contributed by atoms with Crippen LogP contribution >= 0.6 is 23.1 Å². The number of aromatic nitrogens is 1. The van der Waals surface area contributed by atoms with E-state index < -0.39 is 17.9 Å². The zero-order valence-corrected chi connectivity index (χ0v) is 20.4. The number of hydrogen-bond donors (Lipinski definition) is 3. The second kappa shape index (κ2) is 11.2. The van der Waals surface area contributed by atoms with Gasteiger partial charge in [0.25, 0.3) is 11.8 Å². The van der Waals surface area contributed by atoms with E-state index in [0.717, 1.165) is 18.0 Å². The topological polar surface area (TPSA) is 145 Å². The molecule has 0 saturated heterocycles. The maximum Gasteiger partial charge on any atom is 0.270 e. The molecule has 2 heterocycles. The summed E-state index contributed by atoms with van der Waals surface area (Å²) in [4.78, 5) is 40.1. The predicted molar refractivity (Wildman–Crippen MR) is 130 cm³/mol. The molecule has 2 aromatic heterocycles. The Balaban J connectivity index is 2.05. The van der Waals surface area contributed by atoms with E-state index in [9.17, 15) is 14.4 Å². The monoisotopic (exact) mass is 503 g/mol. The van der Waals surface area contributed by atoms with Crippen molar-refractivity contribution in [1.82, 2.24) is 14.6 Å². The number of rotatable bonds is 10. The molecule has 0 bridgehead atoms. The largest absolute Gasteiger partial charge is 0.467 e. The minimum absolute atomic E-state index is 0.00861. The first kappa shape index (κ1) is 25.3. The lowest BCUT2D eigenvalue weighted by Crippen LogP contribution is -2.43. The third-order valence-corrected chi connectivity index (χ3v) is 6.19. The van der Waals surface area contributed by atoms with Gasteiger partial charge in [-0.25, -0.2) is 0 Å². The summed E-state index contributed by atoms with van der Waals surface area (Å²) in [6.07, 6.45) is 2.25. The van der Waals surface area contributed by atoms with Crippen LogP contribution in [0.25, 0.3) is 0 Å². The minimum Gasteiger partial charge on any atom is -0.467 e. The Hall–Kier alpha value is -3.37. The van der Waals surface area contributed by atoms with Gasteiger partial charge in [0.2, 0.25) is 5.91 Å². The van der Waals surface area contributed by atoms with Crippen LogP contribution < -0.4 is 16.8 Å². The van der Waals surface area contributed by atoms with E-state index in [1.807, 2.05) is 0 Å². The third kappa shape index (κ3) is 5.95. The van der Waals surface area contributed by atoms with Gasteiger partial charge in [-0.2, -0.15) is 4.37 Å². The van der Waals surface area contributed by atoms with E-state index in [0.29, 0.717) is 28.8 Å². The van der Waals surface area contributed by atoms with Crippen molar-refractivity contribution < 1.29 is 18.8 Å². The molecule has 3 amide bonds. The number of nitrogens with zero attached hydrogens (tertiary/aromatic N) is 2. The van der Waals surface area contributed by atoms with Gasteiger partial charge in [-0.05, 0) is 53.7 Å². The maximum atomic E-state index is 13.7. The van der Waals surface area contributed by atoms with E-state index in [-0.39, 0.29) is 28.7 Å². The number of anilines is 1. The highest BCUT2D eigenvalue weighted by atomic mass is 35.5. The zero-order valence-electron chi connectivity index (χ0n) is 18.8. The first-order valence-corrected chi connectivity index (χ1v) is 11.8.